The molecule has 266 valence electrons. The van der Waals surface area contributed by atoms with Gasteiger partial charge in [-0.3, -0.25) is 19.7 Å². The molecule has 2 aliphatic heterocycles. The lowest BCUT2D eigenvalue weighted by atomic mass is 9.95. The largest absolute Gasteiger partial charge is 0.357 e. The molecule has 3 amide bonds. The summed E-state index contributed by atoms with van der Waals surface area (Å²) >= 11 is 0. The van der Waals surface area contributed by atoms with E-state index in [9.17, 15) is 14.4 Å². The summed E-state index contributed by atoms with van der Waals surface area (Å²) < 4.78 is 0. The number of rotatable bonds is 5. The van der Waals surface area contributed by atoms with Crippen LogP contribution in [0.3, 0.4) is 0 Å². The van der Waals surface area contributed by atoms with E-state index < -0.39 is 0 Å². The Morgan fingerprint density at radius 3 is 1.94 bits per heavy atom. The van der Waals surface area contributed by atoms with Gasteiger partial charge >= 0.3 is 0 Å². The van der Waals surface area contributed by atoms with E-state index in [1.165, 1.54) is 22.9 Å². The number of amides is 3. The number of nitrogens with zero attached hydrogens (tertiary/aromatic N) is 4. The van der Waals surface area contributed by atoms with Gasteiger partial charge in [0.05, 0.1) is 51.9 Å². The number of imidazole rings is 2. The predicted octanol–water partition coefficient (Wildman–Crippen LogP) is 5.61. The first-order valence-electron chi connectivity index (χ1n) is 17.2. The van der Waals surface area contributed by atoms with Crippen LogP contribution >= 0.6 is 0 Å². The molecule has 0 spiro atoms. The summed E-state index contributed by atoms with van der Waals surface area (Å²) in [6.07, 6.45) is 3.19. The summed E-state index contributed by atoms with van der Waals surface area (Å²) in [5.41, 5.74) is 11.6. The minimum Gasteiger partial charge on any atom is -0.357 e. The number of H-pyrrole nitrogens is 4. The molecule has 0 bridgehead atoms. The highest BCUT2D eigenvalue weighted by Crippen LogP contribution is 2.38. The zero-order valence-electron chi connectivity index (χ0n) is 29.7. The van der Waals surface area contributed by atoms with E-state index >= 15 is 0 Å². The fourth-order valence-corrected chi connectivity index (χ4v) is 7.09. The quantitative estimate of drug-likeness (QED) is 0.126. The molecule has 13 nitrogen and oxygen atoms in total. The van der Waals surface area contributed by atoms with E-state index in [2.05, 4.69) is 107 Å². The van der Waals surface area contributed by atoms with Crippen molar-refractivity contribution in [3.05, 3.63) is 131 Å². The van der Waals surface area contributed by atoms with Gasteiger partial charge in [-0.15, -0.1) is 0 Å². The lowest BCUT2D eigenvalue weighted by molar-refractivity contribution is 0.0878. The van der Waals surface area contributed by atoms with Gasteiger partial charge in [0.25, 0.3) is 17.7 Å². The van der Waals surface area contributed by atoms with Gasteiger partial charge in [0.2, 0.25) is 0 Å². The molecule has 0 saturated carbocycles. The molecule has 6 N–H and O–H groups in total. The molecule has 53 heavy (non-hydrogen) atoms. The van der Waals surface area contributed by atoms with Crippen molar-refractivity contribution in [3.63, 3.8) is 0 Å². The molecular weight excluding hydrogens is 669 g/mol. The number of benzene rings is 4. The van der Waals surface area contributed by atoms with Crippen LogP contribution in [0.2, 0.25) is 0 Å². The summed E-state index contributed by atoms with van der Waals surface area (Å²) in [5.74, 6) is -0.743. The molecule has 0 radical (unpaired) electrons. The Hall–Kier alpha value is -6.57. The van der Waals surface area contributed by atoms with Crippen LogP contribution in [0.5, 0.6) is 0 Å². The van der Waals surface area contributed by atoms with Gasteiger partial charge in [0.15, 0.2) is 0 Å². The van der Waals surface area contributed by atoms with E-state index in [0.29, 0.717) is 22.2 Å². The van der Waals surface area contributed by atoms with E-state index in [4.69, 9.17) is 0 Å². The van der Waals surface area contributed by atoms with Crippen molar-refractivity contribution in [2.24, 2.45) is 0 Å². The van der Waals surface area contributed by atoms with Crippen LogP contribution in [-0.4, -0.2) is 85.6 Å². The second kappa shape index (κ2) is 13.5. The number of hydrogen-bond acceptors (Lipinski definition) is 7. The molecule has 6 heterocycles. The highest BCUT2D eigenvalue weighted by molar-refractivity contribution is 6.22. The maximum atomic E-state index is 12.6. The van der Waals surface area contributed by atoms with Crippen LogP contribution in [0.15, 0.2) is 91.5 Å². The Kier molecular flexibility index (Phi) is 8.57. The third-order valence-corrected chi connectivity index (χ3v) is 9.36. The number of para-hydroxylation sites is 2. The van der Waals surface area contributed by atoms with Gasteiger partial charge in [0.1, 0.15) is 0 Å². The molecule has 13 heteroatoms. The fraction of sp³-hybridized carbons (Fsp3) is 0.175. The Morgan fingerprint density at radius 2 is 1.25 bits per heavy atom. The normalized spacial score (nSPS) is 14.8. The third-order valence-electron chi connectivity index (χ3n) is 9.36. The van der Waals surface area contributed by atoms with Crippen LogP contribution in [0.4, 0.5) is 0 Å². The molecule has 4 aromatic carbocycles. The molecule has 8 aromatic rings. The van der Waals surface area contributed by atoms with Crippen molar-refractivity contribution in [3.8, 4) is 0 Å². The van der Waals surface area contributed by atoms with Crippen molar-refractivity contribution in [2.45, 2.75) is 19.1 Å². The van der Waals surface area contributed by atoms with Gasteiger partial charge in [-0.1, -0.05) is 36.4 Å². The number of carbonyl (C=O) groups is 3. The monoisotopic (exact) mass is 706 g/mol. The lowest BCUT2D eigenvalue weighted by Crippen LogP contribution is -2.22. The number of nitrogens with one attached hydrogen (secondary N) is 6. The smallest absolute Gasteiger partial charge is 0.259 e. The second-order valence-electron chi connectivity index (χ2n) is 13.8. The number of carbonyl (C=O) groups excluding carboxylic acids is 3. The molecule has 1 atom stereocenters. The fourth-order valence-electron chi connectivity index (χ4n) is 7.09. The van der Waals surface area contributed by atoms with Crippen LogP contribution in [0, 0.1) is 0 Å². The van der Waals surface area contributed by atoms with Crippen molar-refractivity contribution in [1.29, 1.82) is 0 Å². The topological polar surface area (TPSA) is 171 Å². The number of hydrogen-bond donors (Lipinski definition) is 6. The highest BCUT2D eigenvalue weighted by Gasteiger charge is 2.34. The summed E-state index contributed by atoms with van der Waals surface area (Å²) in [6.45, 7) is 1.74. The van der Waals surface area contributed by atoms with Crippen LogP contribution in [0.1, 0.15) is 59.6 Å². The minimum absolute atomic E-state index is 0.0454. The average molecular weight is 707 g/mol. The van der Waals surface area contributed by atoms with Crippen LogP contribution in [-0.2, 0) is 13.1 Å². The minimum atomic E-state index is -0.352. The number of imide groups is 1. The van der Waals surface area contributed by atoms with E-state index in [1.54, 1.807) is 18.5 Å². The average Bonchev–Trinajstić information content (AvgIpc) is 3.98. The number of aromatic nitrogens is 6. The molecule has 1 unspecified atom stereocenters. The summed E-state index contributed by atoms with van der Waals surface area (Å²) in [4.78, 5) is 60.7. The van der Waals surface area contributed by atoms with Crippen molar-refractivity contribution < 1.29 is 14.4 Å². The number of aromatic amines is 4. The molecule has 4 aromatic heterocycles. The summed E-state index contributed by atoms with van der Waals surface area (Å²) in [6, 6.07) is 25.8. The van der Waals surface area contributed by atoms with E-state index in [1.807, 2.05) is 38.4 Å². The molecule has 2 aliphatic rings. The number of fused-ring (bicyclic) bond motifs is 6. The SMILES string of the molecule is CN(C)Cc1[nH]c2ccccc2c1C1NC(=O)c2cc3nc[nH]c3cc21.CN(C)Cc1cc2ccccc2[nH]1.O=C1NC(=O)c2cc3[nH]cnc3cc21. The molecule has 0 aliphatic carbocycles. The Balaban J connectivity index is 0.000000125. The Bertz CT molecular complexity index is 2600. The first-order valence-corrected chi connectivity index (χ1v) is 17.2. The summed E-state index contributed by atoms with van der Waals surface area (Å²) in [7, 11) is 8.24. The standard InChI is InChI=1S/C20H19N5O.C11H14N2.C9H5N3O2/c1-25(2)9-17-18(11-5-3-4-6-14(11)23-17)19-12-7-15-16(22-10-21-15)8-13(12)20(26)24-19;1-13(2)8-10-7-9-5-3-4-6-11(9)12-10;13-8-4-1-6-7(11-3-10-6)2-5(4)9(14)12-8/h3-8,10,19,23H,9H2,1-2H3,(H,21,22)(H,24,26);3-7,12H,8H2,1-2H3;1-3H,(H,10,11)(H,12,13,14). The van der Waals surface area contributed by atoms with Gasteiger partial charge < -0.3 is 35.1 Å². The predicted molar refractivity (Wildman–Crippen MR) is 205 cm³/mol. The molecule has 10 rings (SSSR count). The van der Waals surface area contributed by atoms with Gasteiger partial charge in [0, 0.05) is 52.0 Å². The maximum absolute atomic E-state index is 12.6. The zero-order chi connectivity index (χ0) is 36.8. The summed E-state index contributed by atoms with van der Waals surface area (Å²) in [5, 5.41) is 7.84. The van der Waals surface area contributed by atoms with Gasteiger partial charge in [-0.25, -0.2) is 9.97 Å². The first-order chi connectivity index (χ1) is 25.6. The highest BCUT2D eigenvalue weighted by atomic mass is 16.2. The van der Waals surface area contributed by atoms with Gasteiger partial charge in [-0.05, 0) is 81.6 Å². The van der Waals surface area contributed by atoms with Crippen molar-refractivity contribution >= 4 is 61.6 Å². The lowest BCUT2D eigenvalue weighted by Gasteiger charge is -2.16. The van der Waals surface area contributed by atoms with Crippen LogP contribution in [0.25, 0.3) is 43.9 Å². The van der Waals surface area contributed by atoms with Crippen LogP contribution < -0.4 is 10.6 Å². The van der Waals surface area contributed by atoms with Crippen molar-refractivity contribution in [1.82, 2.24) is 50.3 Å². The molecule has 0 fully saturated rings. The molecular formula is C40H38N10O3. The van der Waals surface area contributed by atoms with Gasteiger partial charge in [-0.2, -0.15) is 0 Å². The van der Waals surface area contributed by atoms with E-state index in [0.717, 1.165) is 57.4 Å². The Morgan fingerprint density at radius 1 is 0.623 bits per heavy atom. The Labute approximate surface area is 303 Å². The molecule has 0 saturated heterocycles. The second-order valence-corrected chi connectivity index (χ2v) is 13.8. The third kappa shape index (κ3) is 6.43. The zero-order valence-corrected chi connectivity index (χ0v) is 29.7. The first kappa shape index (κ1) is 33.6. The van der Waals surface area contributed by atoms with E-state index in [-0.39, 0.29) is 23.8 Å². The maximum Gasteiger partial charge on any atom is 0.259 e. The van der Waals surface area contributed by atoms with Crippen molar-refractivity contribution in [2.75, 3.05) is 28.2 Å².